The first kappa shape index (κ1) is 25.9. The zero-order valence-electron chi connectivity index (χ0n) is 20.3. The van der Waals surface area contributed by atoms with E-state index in [1.807, 2.05) is 36.1 Å². The number of carboxylic acids is 1. The third-order valence-corrected chi connectivity index (χ3v) is 6.96. The zero-order chi connectivity index (χ0) is 27.0. The highest BCUT2D eigenvalue weighted by atomic mass is 35.5. The quantitative estimate of drug-likeness (QED) is 0.266. The highest BCUT2D eigenvalue weighted by Gasteiger charge is 2.27. The number of aromatic nitrogens is 2. The number of carboxylic acid groups (broad SMARTS) is 1. The van der Waals surface area contributed by atoms with Gasteiger partial charge in [-0.25, -0.2) is 13.8 Å². The van der Waals surface area contributed by atoms with Gasteiger partial charge in [-0.2, -0.15) is 0 Å². The number of rotatable bonds is 7. The van der Waals surface area contributed by atoms with Gasteiger partial charge in [0.25, 0.3) is 0 Å². The molecule has 194 valence electrons. The molecule has 5 rings (SSSR count). The van der Waals surface area contributed by atoms with Crippen LogP contribution in [0.25, 0.3) is 28.3 Å². The molecule has 0 amide bonds. The van der Waals surface area contributed by atoms with E-state index >= 15 is 4.39 Å². The summed E-state index contributed by atoms with van der Waals surface area (Å²) in [4.78, 5) is 22.9. The molecule has 0 radical (unpaired) electrons. The van der Waals surface area contributed by atoms with Crippen LogP contribution >= 0.6 is 23.2 Å². The van der Waals surface area contributed by atoms with Crippen molar-refractivity contribution in [3.05, 3.63) is 88.0 Å². The molecular formula is C28H22Cl2F2N4O2. The van der Waals surface area contributed by atoms with Crippen LogP contribution in [0.15, 0.2) is 65.7 Å². The van der Waals surface area contributed by atoms with E-state index in [0.717, 1.165) is 11.5 Å². The molecule has 0 atom stereocenters. The summed E-state index contributed by atoms with van der Waals surface area (Å²) in [6.45, 7) is 3.22. The first-order chi connectivity index (χ1) is 18.3. The number of aliphatic carboxylic acids is 1. The standard InChI is InChI=1S/C28H22Cl2F2N4O2/c1-16-33-13-14-35(16)23-7-3-2-5-18(23)28-34-22(11-12-25(37)38)27(17-9-10-21(31)20(30)15-17)36(28)24-8-4-6-19(29)26(24)32/h2-10,15H,11-14H2,1H3,(H,37,38). The number of hydrogen-bond donors (Lipinski definition) is 1. The second-order valence-corrected chi connectivity index (χ2v) is 9.57. The number of para-hydroxylation sites is 1. The van der Waals surface area contributed by atoms with E-state index in [-0.39, 0.29) is 28.6 Å². The Morgan fingerprint density at radius 3 is 2.50 bits per heavy atom. The molecule has 3 aromatic carbocycles. The molecule has 2 heterocycles. The Labute approximate surface area is 227 Å². The number of aliphatic imine (C=N–C) groups is 1. The van der Waals surface area contributed by atoms with E-state index in [1.54, 1.807) is 16.7 Å². The lowest BCUT2D eigenvalue weighted by molar-refractivity contribution is -0.136. The number of carbonyl (C=O) groups is 1. The summed E-state index contributed by atoms with van der Waals surface area (Å²) in [5, 5.41) is 9.20. The summed E-state index contributed by atoms with van der Waals surface area (Å²) in [5.74, 6) is -1.10. The van der Waals surface area contributed by atoms with E-state index < -0.39 is 17.6 Å². The first-order valence-corrected chi connectivity index (χ1v) is 12.6. The molecule has 4 aromatic rings. The molecule has 1 aliphatic heterocycles. The van der Waals surface area contributed by atoms with Crippen LogP contribution in [-0.4, -0.2) is 39.6 Å². The number of nitrogens with zero attached hydrogens (tertiary/aromatic N) is 4. The van der Waals surface area contributed by atoms with Crippen LogP contribution < -0.4 is 4.90 Å². The minimum absolute atomic E-state index is 0.0498. The van der Waals surface area contributed by atoms with Gasteiger partial charge in [0.2, 0.25) is 0 Å². The number of benzene rings is 3. The van der Waals surface area contributed by atoms with Gasteiger partial charge < -0.3 is 10.0 Å². The molecular weight excluding hydrogens is 533 g/mol. The molecule has 6 nitrogen and oxygen atoms in total. The third kappa shape index (κ3) is 4.77. The van der Waals surface area contributed by atoms with Gasteiger partial charge in [-0.1, -0.05) is 41.4 Å². The van der Waals surface area contributed by atoms with Crippen molar-refractivity contribution in [3.8, 4) is 28.3 Å². The van der Waals surface area contributed by atoms with Crippen molar-refractivity contribution in [2.24, 2.45) is 4.99 Å². The van der Waals surface area contributed by atoms with E-state index in [0.29, 0.717) is 41.4 Å². The number of hydrogen-bond acceptors (Lipinski definition) is 4. The average molecular weight is 555 g/mol. The van der Waals surface area contributed by atoms with Crippen LogP contribution in [0, 0.1) is 11.6 Å². The van der Waals surface area contributed by atoms with Gasteiger partial charge in [0, 0.05) is 24.1 Å². The van der Waals surface area contributed by atoms with Crippen molar-refractivity contribution >= 4 is 40.7 Å². The predicted octanol–water partition coefficient (Wildman–Crippen LogP) is 7.05. The molecule has 1 N–H and O–H groups in total. The fraction of sp³-hybridized carbons (Fsp3) is 0.179. The monoisotopic (exact) mass is 554 g/mol. The van der Waals surface area contributed by atoms with Crippen LogP contribution in [0.5, 0.6) is 0 Å². The van der Waals surface area contributed by atoms with Crippen molar-refractivity contribution in [1.29, 1.82) is 0 Å². The normalized spacial score (nSPS) is 13.2. The van der Waals surface area contributed by atoms with Crippen LogP contribution in [-0.2, 0) is 11.2 Å². The van der Waals surface area contributed by atoms with Gasteiger partial charge in [-0.05, 0) is 49.4 Å². The summed E-state index contributed by atoms with van der Waals surface area (Å²) < 4.78 is 31.3. The first-order valence-electron chi connectivity index (χ1n) is 11.9. The second-order valence-electron chi connectivity index (χ2n) is 8.76. The lowest BCUT2D eigenvalue weighted by Crippen LogP contribution is -2.25. The fourth-order valence-electron chi connectivity index (χ4n) is 4.64. The number of imidazole rings is 1. The van der Waals surface area contributed by atoms with Crippen molar-refractivity contribution in [1.82, 2.24) is 9.55 Å². The van der Waals surface area contributed by atoms with Crippen LogP contribution in [0.2, 0.25) is 10.0 Å². The summed E-state index contributed by atoms with van der Waals surface area (Å²) in [6, 6.07) is 16.3. The van der Waals surface area contributed by atoms with Crippen LogP contribution in [0.4, 0.5) is 14.5 Å². The Kier molecular flexibility index (Phi) is 7.19. The third-order valence-electron chi connectivity index (χ3n) is 6.38. The lowest BCUT2D eigenvalue weighted by Gasteiger charge is -2.22. The minimum Gasteiger partial charge on any atom is -0.481 e. The van der Waals surface area contributed by atoms with E-state index in [9.17, 15) is 14.3 Å². The Bertz CT molecular complexity index is 1590. The smallest absolute Gasteiger partial charge is 0.303 e. The lowest BCUT2D eigenvalue weighted by atomic mass is 10.1. The molecule has 1 aliphatic rings. The maximum atomic E-state index is 15.6. The SMILES string of the molecule is CC1=NCCN1c1ccccc1-c1nc(CCC(=O)O)c(-c2ccc(F)c(Cl)c2)n1-c1cccc(Cl)c1F. The summed E-state index contributed by atoms with van der Waals surface area (Å²) >= 11 is 12.3. The zero-order valence-corrected chi connectivity index (χ0v) is 21.8. The van der Waals surface area contributed by atoms with Gasteiger partial charge in [-0.15, -0.1) is 0 Å². The molecule has 10 heteroatoms. The summed E-state index contributed by atoms with van der Waals surface area (Å²) in [7, 11) is 0. The summed E-state index contributed by atoms with van der Waals surface area (Å²) in [5.41, 5.74) is 2.84. The van der Waals surface area contributed by atoms with Gasteiger partial charge in [0.1, 0.15) is 17.5 Å². The van der Waals surface area contributed by atoms with Crippen molar-refractivity contribution in [2.75, 3.05) is 18.0 Å². The minimum atomic E-state index is -1.01. The van der Waals surface area contributed by atoms with Gasteiger partial charge in [0.05, 0.1) is 45.8 Å². The Hall–Kier alpha value is -3.75. The number of amidine groups is 1. The molecule has 38 heavy (non-hydrogen) atoms. The largest absolute Gasteiger partial charge is 0.481 e. The summed E-state index contributed by atoms with van der Waals surface area (Å²) in [6.07, 6.45) is -0.163. The van der Waals surface area contributed by atoms with Gasteiger partial charge in [-0.3, -0.25) is 14.4 Å². The molecule has 0 unspecified atom stereocenters. The molecule has 0 saturated heterocycles. The maximum absolute atomic E-state index is 15.6. The molecule has 0 fully saturated rings. The number of aryl methyl sites for hydroxylation is 1. The maximum Gasteiger partial charge on any atom is 0.303 e. The fourth-order valence-corrected chi connectivity index (χ4v) is 4.99. The van der Waals surface area contributed by atoms with Crippen molar-refractivity contribution < 1.29 is 18.7 Å². The number of halogens is 4. The second kappa shape index (κ2) is 10.6. The Morgan fingerprint density at radius 1 is 1.03 bits per heavy atom. The molecule has 0 saturated carbocycles. The van der Waals surface area contributed by atoms with E-state index in [4.69, 9.17) is 28.2 Å². The molecule has 0 bridgehead atoms. The van der Waals surface area contributed by atoms with Crippen molar-refractivity contribution in [3.63, 3.8) is 0 Å². The Balaban J connectivity index is 1.86. The molecule has 1 aromatic heterocycles. The van der Waals surface area contributed by atoms with Gasteiger partial charge >= 0.3 is 5.97 Å². The van der Waals surface area contributed by atoms with E-state index in [1.165, 1.54) is 24.3 Å². The van der Waals surface area contributed by atoms with E-state index in [2.05, 4.69) is 4.99 Å². The molecule has 0 aliphatic carbocycles. The van der Waals surface area contributed by atoms with Crippen LogP contribution in [0.3, 0.4) is 0 Å². The average Bonchev–Trinajstić information content (AvgIpc) is 3.49. The van der Waals surface area contributed by atoms with Crippen molar-refractivity contribution in [2.45, 2.75) is 19.8 Å². The number of anilines is 1. The predicted molar refractivity (Wildman–Crippen MR) is 146 cm³/mol. The Morgan fingerprint density at radius 2 is 1.79 bits per heavy atom. The highest BCUT2D eigenvalue weighted by Crippen LogP contribution is 2.40. The highest BCUT2D eigenvalue weighted by molar-refractivity contribution is 6.31. The van der Waals surface area contributed by atoms with Crippen LogP contribution in [0.1, 0.15) is 19.0 Å². The topological polar surface area (TPSA) is 70.7 Å². The van der Waals surface area contributed by atoms with Gasteiger partial charge in [0.15, 0.2) is 5.82 Å². The molecule has 0 spiro atoms.